The topological polar surface area (TPSA) is 140 Å². The van der Waals surface area contributed by atoms with E-state index in [1.165, 1.54) is 54.7 Å². The van der Waals surface area contributed by atoms with Gasteiger partial charge in [0.2, 0.25) is 5.91 Å². The summed E-state index contributed by atoms with van der Waals surface area (Å²) in [6.07, 6.45) is 5.70. The van der Waals surface area contributed by atoms with Crippen LogP contribution in [-0.2, 0) is 26.2 Å². The molecule has 2 amide bonds. The lowest BCUT2D eigenvalue weighted by Gasteiger charge is -2.31. The van der Waals surface area contributed by atoms with Gasteiger partial charge in [0, 0.05) is 24.2 Å². The zero-order chi connectivity index (χ0) is 34.4. The first-order valence-electron chi connectivity index (χ1n) is 16.1. The number of benzene rings is 2. The number of primary amides is 1. The highest BCUT2D eigenvalue weighted by Crippen LogP contribution is 2.44. The third-order valence-corrected chi connectivity index (χ3v) is 8.96. The Kier molecular flexibility index (Phi) is 10.4. The van der Waals surface area contributed by atoms with Gasteiger partial charge in [-0.2, -0.15) is 0 Å². The Morgan fingerprint density at radius 3 is 2.27 bits per heavy atom. The molecule has 6 rings (SSSR count). The summed E-state index contributed by atoms with van der Waals surface area (Å²) in [6, 6.07) is 15.4. The second-order valence-electron chi connectivity index (χ2n) is 12.4. The van der Waals surface area contributed by atoms with Gasteiger partial charge in [0.1, 0.15) is 30.1 Å². The van der Waals surface area contributed by atoms with E-state index in [-0.39, 0.29) is 43.0 Å². The normalized spacial score (nSPS) is 18.8. The van der Waals surface area contributed by atoms with E-state index in [1.54, 1.807) is 6.20 Å². The van der Waals surface area contributed by atoms with Gasteiger partial charge >= 0.3 is 6.09 Å². The van der Waals surface area contributed by atoms with E-state index in [2.05, 4.69) is 25.9 Å². The van der Waals surface area contributed by atoms with Crippen molar-refractivity contribution in [2.24, 2.45) is 5.73 Å². The van der Waals surface area contributed by atoms with Crippen LogP contribution in [0.5, 0.6) is 0 Å². The summed E-state index contributed by atoms with van der Waals surface area (Å²) in [5.74, 6) is -3.01. The van der Waals surface area contributed by atoms with Gasteiger partial charge in [-0.1, -0.05) is 30.3 Å². The molecule has 1 saturated carbocycles. The molecule has 2 aromatic carbocycles. The number of carbonyl (C=O) groups is 2. The van der Waals surface area contributed by atoms with Crippen LogP contribution in [0.2, 0.25) is 0 Å². The molecule has 1 saturated heterocycles. The molecule has 5 N–H and O–H groups in total. The number of halogens is 3. The van der Waals surface area contributed by atoms with Gasteiger partial charge in [0.15, 0.2) is 0 Å². The van der Waals surface area contributed by atoms with E-state index >= 15 is 4.39 Å². The number of carbonyl (C=O) groups excluding carboxylic acids is 2. The van der Waals surface area contributed by atoms with E-state index in [4.69, 9.17) is 15.2 Å². The molecule has 256 valence electrons. The summed E-state index contributed by atoms with van der Waals surface area (Å²) in [5.41, 5.74) is 7.86. The fourth-order valence-electron chi connectivity index (χ4n) is 6.13. The minimum absolute atomic E-state index is 0.113. The molecule has 1 aliphatic heterocycles. The summed E-state index contributed by atoms with van der Waals surface area (Å²) in [6.45, 7) is 0.847. The van der Waals surface area contributed by atoms with Gasteiger partial charge in [-0.05, 0) is 73.2 Å². The number of amides is 2. The van der Waals surface area contributed by atoms with E-state index in [0.29, 0.717) is 24.1 Å². The maximum Gasteiger partial charge on any atom is 0.407 e. The monoisotopic (exact) mass is 674 g/mol. The van der Waals surface area contributed by atoms with Crippen LogP contribution >= 0.6 is 0 Å². The van der Waals surface area contributed by atoms with Crippen LogP contribution in [-0.4, -0.2) is 59.9 Å². The molecule has 0 radical (unpaired) electrons. The van der Waals surface area contributed by atoms with Gasteiger partial charge in [-0.3, -0.25) is 14.8 Å². The quantitative estimate of drug-likeness (QED) is 0.160. The standard InChI is InChI=1S/C36H37F3N6O4/c37-24-8-4-22(5-9-24)32(23-6-10-25(38)11-7-23)33(34(40)46)44-30-19-41-18-29(39)28(30)13-12-27-17-43-26(20-48-27)21-49-35(47)45-36(14-15-36)31-3-1-2-16-42-31/h1-11,16,18-19,26-27,32-33,43-44H,12-15,17,20-21H2,(H2,40,46)(H,45,47)/t26-,27+,33-/m0/s1. The Labute approximate surface area is 281 Å². The first kappa shape index (κ1) is 33.9. The highest BCUT2D eigenvalue weighted by molar-refractivity contribution is 5.85. The van der Waals surface area contributed by atoms with Crippen molar-refractivity contribution in [1.82, 2.24) is 20.6 Å². The van der Waals surface area contributed by atoms with E-state index < -0.39 is 47.0 Å². The van der Waals surface area contributed by atoms with Crippen molar-refractivity contribution in [1.29, 1.82) is 0 Å². The molecule has 0 spiro atoms. The number of aromatic nitrogens is 2. The Hall–Kier alpha value is -5.01. The lowest BCUT2D eigenvalue weighted by atomic mass is 9.84. The van der Waals surface area contributed by atoms with Crippen LogP contribution in [0, 0.1) is 17.5 Å². The molecule has 0 unspecified atom stereocenters. The minimum Gasteiger partial charge on any atom is -0.448 e. The summed E-state index contributed by atoms with van der Waals surface area (Å²) in [7, 11) is 0. The van der Waals surface area contributed by atoms with Crippen molar-refractivity contribution in [2.75, 3.05) is 25.1 Å². The zero-order valence-electron chi connectivity index (χ0n) is 26.6. The van der Waals surface area contributed by atoms with Crippen LogP contribution in [0.1, 0.15) is 47.6 Å². The van der Waals surface area contributed by atoms with Gasteiger partial charge in [0.25, 0.3) is 0 Å². The molecule has 3 atom stereocenters. The lowest BCUT2D eigenvalue weighted by molar-refractivity contribution is -0.119. The number of ether oxygens (including phenoxy) is 2. The molecule has 2 fully saturated rings. The molecule has 49 heavy (non-hydrogen) atoms. The lowest BCUT2D eigenvalue weighted by Crippen LogP contribution is -2.49. The number of pyridine rings is 2. The SMILES string of the molecule is NC(=O)[C@@H](Nc1cncc(F)c1CC[C@@H]1CN[C@H](COC(=O)NC2(c3ccccn3)CC2)CO1)C(c1ccc(F)cc1)c1ccc(F)cc1. The molecule has 2 aromatic heterocycles. The van der Waals surface area contributed by atoms with Crippen molar-refractivity contribution < 1.29 is 32.2 Å². The molecular formula is C36H37F3N6O4. The minimum atomic E-state index is -1.12. The average molecular weight is 675 g/mol. The van der Waals surface area contributed by atoms with Gasteiger partial charge in [-0.15, -0.1) is 0 Å². The number of hydrogen-bond donors (Lipinski definition) is 4. The molecule has 3 heterocycles. The second kappa shape index (κ2) is 15.0. The third-order valence-electron chi connectivity index (χ3n) is 8.96. The van der Waals surface area contributed by atoms with Crippen molar-refractivity contribution in [3.05, 3.63) is 125 Å². The Morgan fingerprint density at radius 2 is 1.69 bits per heavy atom. The Bertz CT molecular complexity index is 1690. The van der Waals surface area contributed by atoms with Crippen molar-refractivity contribution in [3.8, 4) is 0 Å². The van der Waals surface area contributed by atoms with Gasteiger partial charge < -0.3 is 31.2 Å². The number of nitrogens with zero attached hydrogens (tertiary/aromatic N) is 2. The highest BCUT2D eigenvalue weighted by Gasteiger charge is 2.47. The van der Waals surface area contributed by atoms with E-state index in [9.17, 15) is 18.4 Å². The maximum atomic E-state index is 15.2. The molecule has 13 heteroatoms. The van der Waals surface area contributed by atoms with E-state index in [0.717, 1.165) is 24.7 Å². The average Bonchev–Trinajstić information content (AvgIpc) is 3.89. The summed E-state index contributed by atoms with van der Waals surface area (Å²) in [4.78, 5) is 33.8. The maximum absolute atomic E-state index is 15.2. The van der Waals surface area contributed by atoms with E-state index in [1.807, 2.05) is 18.2 Å². The van der Waals surface area contributed by atoms with Crippen LogP contribution in [0.4, 0.5) is 23.7 Å². The number of nitrogens with one attached hydrogen (secondary N) is 3. The van der Waals surface area contributed by atoms with Gasteiger partial charge in [-0.25, -0.2) is 18.0 Å². The number of nitrogens with two attached hydrogens (primary N) is 1. The van der Waals surface area contributed by atoms with Crippen molar-refractivity contribution >= 4 is 17.7 Å². The molecule has 1 aliphatic carbocycles. The molecule has 4 aromatic rings. The predicted molar refractivity (Wildman–Crippen MR) is 175 cm³/mol. The fourth-order valence-corrected chi connectivity index (χ4v) is 6.13. The molecule has 10 nitrogen and oxygen atoms in total. The number of anilines is 1. The smallest absolute Gasteiger partial charge is 0.407 e. The number of morpholine rings is 1. The molecular weight excluding hydrogens is 637 g/mol. The number of hydrogen-bond acceptors (Lipinski definition) is 8. The van der Waals surface area contributed by atoms with Crippen molar-refractivity contribution in [2.45, 2.75) is 55.3 Å². The first-order chi connectivity index (χ1) is 23.7. The molecule has 0 bridgehead atoms. The number of rotatable bonds is 13. The first-order valence-corrected chi connectivity index (χ1v) is 16.1. The Morgan fingerprint density at radius 1 is 1.00 bits per heavy atom. The number of alkyl carbamates (subject to hydrolysis) is 1. The summed E-state index contributed by atoms with van der Waals surface area (Å²) >= 11 is 0. The van der Waals surface area contributed by atoms with Crippen LogP contribution < -0.4 is 21.7 Å². The summed E-state index contributed by atoms with van der Waals surface area (Å²) < 4.78 is 54.3. The highest BCUT2D eigenvalue weighted by atomic mass is 19.1. The molecule has 2 aliphatic rings. The van der Waals surface area contributed by atoms with Gasteiger partial charge in [0.05, 0.1) is 48.1 Å². The summed E-state index contributed by atoms with van der Waals surface area (Å²) in [5, 5.41) is 9.35. The van der Waals surface area contributed by atoms with Crippen LogP contribution in [0.25, 0.3) is 0 Å². The fraction of sp³-hybridized carbons (Fsp3) is 0.333. The zero-order valence-corrected chi connectivity index (χ0v) is 26.6. The van der Waals surface area contributed by atoms with Crippen molar-refractivity contribution in [3.63, 3.8) is 0 Å². The Balaban J connectivity index is 1.06. The third kappa shape index (κ3) is 8.35. The predicted octanol–water partition coefficient (Wildman–Crippen LogP) is 4.70. The largest absolute Gasteiger partial charge is 0.448 e. The van der Waals surface area contributed by atoms with Crippen LogP contribution in [0.3, 0.4) is 0 Å². The van der Waals surface area contributed by atoms with Crippen LogP contribution in [0.15, 0.2) is 85.3 Å². The second-order valence-corrected chi connectivity index (χ2v) is 12.4.